The first-order valence-electron chi connectivity index (χ1n) is 8.32. The minimum absolute atomic E-state index is 0.513. The van der Waals surface area contributed by atoms with Crippen molar-refractivity contribution in [3.63, 3.8) is 0 Å². The first kappa shape index (κ1) is 18.4. The molecular weight excluding hydrogens is 441 g/mol. The van der Waals surface area contributed by atoms with E-state index < -0.39 is 18.8 Å². The molecule has 1 atom stereocenters. The lowest BCUT2D eigenvalue weighted by molar-refractivity contribution is -0.120. The Morgan fingerprint density at radius 1 is 1.19 bits per heavy atom. The van der Waals surface area contributed by atoms with Gasteiger partial charge in [-0.15, -0.1) is 0 Å². The van der Waals surface area contributed by atoms with Crippen molar-refractivity contribution in [2.75, 3.05) is 16.8 Å². The molecule has 0 saturated heterocycles. The third-order valence-electron chi connectivity index (χ3n) is 4.83. The highest BCUT2D eigenvalue weighted by molar-refractivity contribution is 9.10. The number of hydrogen-bond donors (Lipinski definition) is 1. The van der Waals surface area contributed by atoms with E-state index in [2.05, 4.69) is 21.2 Å². The first-order chi connectivity index (χ1) is 12.8. The van der Waals surface area contributed by atoms with Gasteiger partial charge in [0.25, 0.3) is 0 Å². The second-order valence-electron chi connectivity index (χ2n) is 6.59. The van der Waals surface area contributed by atoms with Gasteiger partial charge in [0.2, 0.25) is 0 Å². The normalized spacial score (nSPS) is 18.4. The Morgan fingerprint density at radius 2 is 1.96 bits per heavy atom. The van der Waals surface area contributed by atoms with Gasteiger partial charge in [0.1, 0.15) is 6.54 Å². The van der Waals surface area contributed by atoms with Crippen LogP contribution in [0, 0.1) is 0 Å². The Balaban J connectivity index is 2.02. The second kappa shape index (κ2) is 6.60. The van der Waals surface area contributed by atoms with Crippen LogP contribution in [0.25, 0.3) is 10.6 Å². The van der Waals surface area contributed by atoms with E-state index in [0.29, 0.717) is 10.7 Å². The van der Waals surface area contributed by atoms with E-state index in [4.69, 9.17) is 11.6 Å². The number of rotatable bonds is 2. The number of allylic oxidation sites excluding steroid dienone is 1. The molecule has 2 aromatic carbocycles. The quantitative estimate of drug-likeness (QED) is 0.683. The molecule has 2 aliphatic rings. The Bertz CT molecular complexity index is 1080. The van der Waals surface area contributed by atoms with Crippen LogP contribution in [0.15, 0.2) is 53.1 Å². The molecule has 2 nitrogen and oxygen atoms in total. The minimum atomic E-state index is -4.33. The maximum absolute atomic E-state index is 13.4. The fourth-order valence-electron chi connectivity index (χ4n) is 3.87. The van der Waals surface area contributed by atoms with Gasteiger partial charge in [-0.2, -0.15) is 13.2 Å². The van der Waals surface area contributed by atoms with E-state index in [1.54, 1.807) is 24.4 Å². The van der Waals surface area contributed by atoms with Gasteiger partial charge in [-0.1, -0.05) is 39.7 Å². The van der Waals surface area contributed by atoms with Gasteiger partial charge < -0.3 is 10.2 Å². The summed E-state index contributed by atoms with van der Waals surface area (Å²) in [6.07, 6.45) is -0.883. The van der Waals surface area contributed by atoms with Gasteiger partial charge in [-0.05, 0) is 48.4 Å². The molecular formula is C20H15BrClF3N2. The van der Waals surface area contributed by atoms with E-state index in [0.717, 1.165) is 31.7 Å². The fraction of sp³-hybridized carbons (Fsp3) is 0.200. The molecule has 27 heavy (non-hydrogen) atoms. The highest BCUT2D eigenvalue weighted by atomic mass is 79.9. The van der Waals surface area contributed by atoms with Crippen molar-refractivity contribution in [2.45, 2.75) is 19.1 Å². The summed E-state index contributed by atoms with van der Waals surface area (Å²) >= 11 is 9.85. The summed E-state index contributed by atoms with van der Waals surface area (Å²) in [4.78, 5) is 1.41. The Hall–Kier alpha value is -1.92. The summed E-state index contributed by atoms with van der Waals surface area (Å²) in [5.74, 6) is 0. The van der Waals surface area contributed by atoms with Crippen LogP contribution in [0.4, 0.5) is 24.5 Å². The molecule has 0 saturated carbocycles. The van der Waals surface area contributed by atoms with Gasteiger partial charge in [0, 0.05) is 32.5 Å². The average Bonchev–Trinajstić information content (AvgIpc) is 2.85. The Kier molecular flexibility index (Phi) is 4.51. The second-order valence-corrected chi connectivity index (χ2v) is 7.91. The summed E-state index contributed by atoms with van der Waals surface area (Å²) in [7, 11) is 0. The number of benzene rings is 2. The van der Waals surface area contributed by atoms with E-state index in [1.165, 1.54) is 4.90 Å². The zero-order chi connectivity index (χ0) is 19.3. The van der Waals surface area contributed by atoms with Crippen molar-refractivity contribution in [1.82, 2.24) is 0 Å². The lowest BCUT2D eigenvalue weighted by atomic mass is 9.99. The summed E-state index contributed by atoms with van der Waals surface area (Å²) in [6, 6.07) is 10.4. The maximum Gasteiger partial charge on any atom is 0.405 e. The van der Waals surface area contributed by atoms with Crippen LogP contribution in [0.1, 0.15) is 18.5 Å². The maximum atomic E-state index is 13.4. The van der Waals surface area contributed by atoms with Crippen molar-refractivity contribution >= 4 is 49.5 Å². The molecule has 1 N–H and O–H groups in total. The molecule has 140 valence electrons. The molecule has 0 bridgehead atoms. The molecule has 4 rings (SSSR count). The monoisotopic (exact) mass is 454 g/mol. The number of fused-ring (bicyclic) bond motifs is 3. The lowest BCUT2D eigenvalue weighted by Gasteiger charge is -2.30. The van der Waals surface area contributed by atoms with E-state index in [9.17, 15) is 13.2 Å². The van der Waals surface area contributed by atoms with Crippen molar-refractivity contribution in [3.05, 3.63) is 69.1 Å². The van der Waals surface area contributed by atoms with E-state index >= 15 is 0 Å². The fourth-order valence-corrected chi connectivity index (χ4v) is 4.55. The topological polar surface area (TPSA) is 15.3 Å². The molecule has 0 amide bonds. The predicted octanol–water partition coefficient (Wildman–Crippen LogP) is 5.03. The number of hydrogen-bond acceptors (Lipinski definition) is 2. The highest BCUT2D eigenvalue weighted by Gasteiger charge is 2.39. The van der Waals surface area contributed by atoms with Crippen molar-refractivity contribution in [1.29, 1.82) is 0 Å². The van der Waals surface area contributed by atoms with Gasteiger partial charge in [-0.25, -0.2) is 0 Å². The molecule has 0 aromatic heterocycles. The van der Waals surface area contributed by atoms with Gasteiger partial charge in [0.15, 0.2) is 0 Å². The summed E-state index contributed by atoms with van der Waals surface area (Å²) < 4.78 is 41.0. The molecule has 7 heteroatoms. The summed E-state index contributed by atoms with van der Waals surface area (Å²) in [6.45, 7) is 0.845. The summed E-state index contributed by atoms with van der Waals surface area (Å²) in [5.41, 5.74) is 2.98. The Morgan fingerprint density at radius 3 is 2.67 bits per heavy atom. The zero-order valence-electron chi connectivity index (χ0n) is 14.2. The van der Waals surface area contributed by atoms with Crippen molar-refractivity contribution in [3.8, 4) is 0 Å². The van der Waals surface area contributed by atoms with Crippen LogP contribution in [0.5, 0.6) is 0 Å². The van der Waals surface area contributed by atoms with Crippen LogP contribution in [0.3, 0.4) is 0 Å². The highest BCUT2D eigenvalue weighted by Crippen LogP contribution is 2.39. The van der Waals surface area contributed by atoms with Gasteiger partial charge in [0.05, 0.1) is 11.1 Å². The number of alkyl halides is 3. The number of anilines is 2. The average molecular weight is 456 g/mol. The molecule has 0 spiro atoms. The third-order valence-corrected chi connectivity index (χ3v) is 5.64. The van der Waals surface area contributed by atoms with Crippen LogP contribution in [-0.4, -0.2) is 12.7 Å². The molecule has 1 unspecified atom stereocenters. The van der Waals surface area contributed by atoms with Gasteiger partial charge in [-0.3, -0.25) is 0 Å². The predicted molar refractivity (Wildman–Crippen MR) is 107 cm³/mol. The van der Waals surface area contributed by atoms with E-state index in [-0.39, 0.29) is 0 Å². The number of nitrogens with zero attached hydrogens (tertiary/aromatic N) is 1. The molecule has 0 radical (unpaired) electrons. The van der Waals surface area contributed by atoms with Crippen molar-refractivity contribution < 1.29 is 13.2 Å². The largest absolute Gasteiger partial charge is 0.405 e. The molecule has 0 fully saturated rings. The van der Waals surface area contributed by atoms with Crippen LogP contribution >= 0.6 is 27.5 Å². The van der Waals surface area contributed by atoms with Crippen LogP contribution in [0.2, 0.25) is 0 Å². The number of nitrogens with one attached hydrogen (secondary N) is 1. The SMILES string of the molecule is CC1=c2c(ccc3c2=C(Cl)C=CN3)N(CC(F)(F)F)C1c1cccc(Br)c1. The third kappa shape index (κ3) is 3.25. The molecule has 2 heterocycles. The molecule has 2 aromatic rings. The first-order valence-corrected chi connectivity index (χ1v) is 9.49. The van der Waals surface area contributed by atoms with Crippen molar-refractivity contribution in [2.24, 2.45) is 0 Å². The summed E-state index contributed by atoms with van der Waals surface area (Å²) in [5, 5.41) is 5.15. The molecule has 2 aliphatic heterocycles. The van der Waals surface area contributed by atoms with Gasteiger partial charge >= 0.3 is 6.18 Å². The van der Waals surface area contributed by atoms with E-state index in [1.807, 2.05) is 31.2 Å². The minimum Gasteiger partial charge on any atom is -0.361 e. The molecule has 0 aliphatic carbocycles. The van der Waals surface area contributed by atoms with Crippen LogP contribution in [-0.2, 0) is 0 Å². The smallest absolute Gasteiger partial charge is 0.361 e. The standard InChI is InChI=1S/C20H15BrClF3N2/c1-11-17-16(6-5-15-18(17)14(22)7-8-26-15)27(10-20(23,24)25)19(11)12-3-2-4-13(21)9-12/h2-9,19,26H,10H2,1H3. The zero-order valence-corrected chi connectivity index (χ0v) is 16.6. The lowest BCUT2D eigenvalue weighted by Crippen LogP contribution is -2.37. The Labute approximate surface area is 167 Å². The van der Waals surface area contributed by atoms with Crippen LogP contribution < -0.4 is 20.7 Å². The number of halogens is 5.